The van der Waals surface area contributed by atoms with Gasteiger partial charge in [0.05, 0.1) is 35.4 Å². The molecule has 2 fully saturated rings. The lowest BCUT2D eigenvalue weighted by Crippen LogP contribution is -2.53. The summed E-state index contributed by atoms with van der Waals surface area (Å²) in [6, 6.07) is 20.9. The van der Waals surface area contributed by atoms with Crippen molar-refractivity contribution in [2.75, 3.05) is 26.7 Å². The van der Waals surface area contributed by atoms with Gasteiger partial charge in [-0.15, -0.1) is 0 Å². The van der Waals surface area contributed by atoms with Crippen molar-refractivity contribution >= 4 is 35.0 Å². The first-order chi connectivity index (χ1) is 25.7. The van der Waals surface area contributed by atoms with Crippen LogP contribution in [-0.4, -0.2) is 80.7 Å². The van der Waals surface area contributed by atoms with Crippen molar-refractivity contribution in [3.8, 4) is 33.5 Å². The Balaban J connectivity index is 0.969. The van der Waals surface area contributed by atoms with E-state index in [2.05, 4.69) is 85.3 Å². The number of alkyl carbamates (subject to hydrolysis) is 1. The summed E-state index contributed by atoms with van der Waals surface area (Å²) in [7, 11) is 1.26. The van der Waals surface area contributed by atoms with Crippen LogP contribution in [0.1, 0.15) is 61.1 Å². The number of nitrogens with zero attached hydrogens (tertiary/aromatic N) is 3. The molecule has 5 aromatic rings. The Morgan fingerprint density at radius 1 is 0.887 bits per heavy atom. The number of nitrogens with one attached hydrogen (secondary N) is 5. The van der Waals surface area contributed by atoms with Crippen molar-refractivity contribution in [2.24, 2.45) is 0 Å². The Kier molecular flexibility index (Phi) is 8.80. The zero-order valence-electron chi connectivity index (χ0n) is 29.3. The lowest BCUT2D eigenvalue weighted by molar-refractivity contribution is -0.131. The number of ether oxygens (including phenoxy) is 1. The number of imidazole rings is 2. The number of rotatable bonds is 9. The molecule has 3 aliphatic rings. The highest BCUT2D eigenvalue weighted by Crippen LogP contribution is 2.41. The minimum absolute atomic E-state index is 0.173. The molecule has 3 aromatic carbocycles. The van der Waals surface area contributed by atoms with Gasteiger partial charge in [-0.1, -0.05) is 48.5 Å². The van der Waals surface area contributed by atoms with Gasteiger partial charge >= 0.3 is 12.2 Å². The second kappa shape index (κ2) is 13.7. The average Bonchev–Trinajstić information content (AvgIpc) is 3.92. The summed E-state index contributed by atoms with van der Waals surface area (Å²) >= 11 is 0. The molecule has 0 unspecified atom stereocenters. The lowest BCUT2D eigenvalue weighted by atomic mass is 9.76. The molecule has 1 saturated carbocycles. The van der Waals surface area contributed by atoms with E-state index in [1.165, 1.54) is 12.7 Å². The van der Waals surface area contributed by atoms with E-state index in [-0.39, 0.29) is 30.9 Å². The van der Waals surface area contributed by atoms with Gasteiger partial charge in [-0.25, -0.2) is 19.6 Å². The van der Waals surface area contributed by atoms with Crippen molar-refractivity contribution in [3.05, 3.63) is 83.6 Å². The highest BCUT2D eigenvalue weighted by Gasteiger charge is 2.43. The third-order valence-corrected chi connectivity index (χ3v) is 10.7. The maximum atomic E-state index is 12.7. The number of benzene rings is 3. The summed E-state index contributed by atoms with van der Waals surface area (Å²) in [4.78, 5) is 66.2. The molecule has 53 heavy (non-hydrogen) atoms. The summed E-state index contributed by atoms with van der Waals surface area (Å²) in [5.41, 5.74) is 9.74. The molecule has 3 heterocycles. The predicted octanol–water partition coefficient (Wildman–Crippen LogP) is 5.17. The monoisotopic (exact) mass is 716 g/mol. The van der Waals surface area contributed by atoms with E-state index in [0.717, 1.165) is 101 Å². The number of amides is 4. The number of hydrogen-bond donors (Lipinski definition) is 6. The normalized spacial score (nSPS) is 17.0. The molecule has 4 amide bonds. The second-order valence-electron chi connectivity index (χ2n) is 13.9. The molecular weight excluding hydrogens is 676 g/mol. The smallest absolute Gasteiger partial charge is 0.407 e. The van der Waals surface area contributed by atoms with Crippen LogP contribution in [0.15, 0.2) is 60.7 Å². The third kappa shape index (κ3) is 6.56. The van der Waals surface area contributed by atoms with Crippen LogP contribution in [0.25, 0.3) is 44.5 Å². The van der Waals surface area contributed by atoms with E-state index >= 15 is 0 Å². The summed E-state index contributed by atoms with van der Waals surface area (Å²) in [5, 5.41) is 16.6. The Morgan fingerprint density at radius 3 is 2.34 bits per heavy atom. The van der Waals surface area contributed by atoms with Crippen molar-refractivity contribution in [3.63, 3.8) is 0 Å². The molecule has 1 atom stereocenters. The molecular formula is C39H40N8O6. The minimum atomic E-state index is -1.21. The third-order valence-electron chi connectivity index (χ3n) is 10.7. The highest BCUT2D eigenvalue weighted by atomic mass is 16.5. The van der Waals surface area contributed by atoms with E-state index < -0.39 is 17.7 Å². The number of aromatic amines is 2. The van der Waals surface area contributed by atoms with Crippen molar-refractivity contribution in [2.45, 2.75) is 56.5 Å². The van der Waals surface area contributed by atoms with E-state index in [1.807, 2.05) is 6.07 Å². The van der Waals surface area contributed by atoms with Gasteiger partial charge in [-0.2, -0.15) is 0 Å². The fourth-order valence-corrected chi connectivity index (χ4v) is 7.82. The van der Waals surface area contributed by atoms with Crippen molar-refractivity contribution in [1.82, 2.24) is 40.8 Å². The number of likely N-dealkylation sites (tertiary alicyclic amines) is 1. The Morgan fingerprint density at radius 2 is 1.62 bits per heavy atom. The number of carboxylic acid groups (broad SMARTS) is 1. The first-order valence-corrected chi connectivity index (χ1v) is 17.9. The molecule has 6 N–H and O–H groups in total. The first-order valence-electron chi connectivity index (χ1n) is 17.9. The Hall–Kier alpha value is -6.18. The summed E-state index contributed by atoms with van der Waals surface area (Å²) in [6.07, 6.45) is 3.92. The zero-order chi connectivity index (χ0) is 36.7. The molecule has 272 valence electrons. The molecule has 0 bridgehead atoms. The number of aryl methyl sites for hydroxylation is 2. The van der Waals surface area contributed by atoms with Gasteiger partial charge in [-0.05, 0) is 84.9 Å². The quantitative estimate of drug-likeness (QED) is 0.120. The predicted molar refractivity (Wildman–Crippen MR) is 196 cm³/mol. The molecule has 2 aromatic heterocycles. The van der Waals surface area contributed by atoms with Crippen LogP contribution in [0, 0.1) is 0 Å². The SMILES string of the molecule is COC(=O)NCC(=O)NC1(c2nc3ccc(-c4ccc(-c5ccc6c(c5)CCc5[nH]c([C@@H]7CCCN7C(=O)CNC(=O)O)nc5-6)cc4)cc3[nH]2)CCC1. The number of methoxy groups -OCH3 is 1. The van der Waals surface area contributed by atoms with Gasteiger partial charge in [0.15, 0.2) is 0 Å². The molecule has 0 spiro atoms. The summed E-state index contributed by atoms with van der Waals surface area (Å²) in [5.74, 6) is 0.923. The maximum Gasteiger partial charge on any atom is 0.407 e. The molecule has 14 heteroatoms. The summed E-state index contributed by atoms with van der Waals surface area (Å²) in [6.45, 7) is 0.159. The van der Waals surface area contributed by atoms with Gasteiger partial charge in [-0.3, -0.25) is 9.59 Å². The Labute approximate surface area is 304 Å². The summed E-state index contributed by atoms with van der Waals surface area (Å²) < 4.78 is 4.56. The Bertz CT molecular complexity index is 2240. The van der Waals surface area contributed by atoms with Crippen LogP contribution in [0.3, 0.4) is 0 Å². The second-order valence-corrected chi connectivity index (χ2v) is 13.9. The van der Waals surface area contributed by atoms with Crippen LogP contribution >= 0.6 is 0 Å². The molecule has 8 rings (SSSR count). The molecule has 2 aliphatic carbocycles. The van der Waals surface area contributed by atoms with Crippen LogP contribution in [-0.2, 0) is 32.7 Å². The van der Waals surface area contributed by atoms with Crippen LogP contribution in [0.4, 0.5) is 9.59 Å². The van der Waals surface area contributed by atoms with Crippen LogP contribution in [0.5, 0.6) is 0 Å². The molecule has 1 aliphatic heterocycles. The van der Waals surface area contributed by atoms with Gasteiger partial charge in [0.2, 0.25) is 11.8 Å². The number of aromatic nitrogens is 4. The van der Waals surface area contributed by atoms with Crippen LogP contribution < -0.4 is 16.0 Å². The topological polar surface area (TPSA) is 194 Å². The van der Waals surface area contributed by atoms with E-state index in [4.69, 9.17) is 15.1 Å². The highest BCUT2D eigenvalue weighted by molar-refractivity contribution is 5.85. The van der Waals surface area contributed by atoms with Crippen molar-refractivity contribution < 1.29 is 29.0 Å². The van der Waals surface area contributed by atoms with E-state index in [9.17, 15) is 19.2 Å². The lowest BCUT2D eigenvalue weighted by Gasteiger charge is -2.40. The van der Waals surface area contributed by atoms with E-state index in [0.29, 0.717) is 12.4 Å². The molecule has 0 radical (unpaired) electrons. The fourth-order valence-electron chi connectivity index (χ4n) is 7.82. The van der Waals surface area contributed by atoms with Crippen LogP contribution in [0.2, 0.25) is 0 Å². The van der Waals surface area contributed by atoms with Gasteiger partial charge in [0.25, 0.3) is 0 Å². The first kappa shape index (κ1) is 33.9. The minimum Gasteiger partial charge on any atom is -0.465 e. The van der Waals surface area contributed by atoms with Gasteiger partial charge in [0, 0.05) is 17.8 Å². The molecule has 1 saturated heterocycles. The molecule has 14 nitrogen and oxygen atoms in total. The van der Waals surface area contributed by atoms with Gasteiger partial charge < -0.3 is 40.7 Å². The van der Waals surface area contributed by atoms with E-state index in [1.54, 1.807) is 4.90 Å². The average molecular weight is 717 g/mol. The van der Waals surface area contributed by atoms with Crippen molar-refractivity contribution in [1.29, 1.82) is 0 Å². The number of H-pyrrole nitrogens is 2. The number of hydrogen-bond acceptors (Lipinski definition) is 7. The zero-order valence-corrected chi connectivity index (χ0v) is 29.3. The number of carbonyl (C=O) groups is 4. The standard InChI is InChI=1S/C39H40N8O6/c1-53-38(52)41-20-32(48)46-39(15-3-16-39)36-43-28-13-10-25(19-30(28)44-36)23-7-5-22(6-8-23)24-9-12-27-26(18-24)11-14-29-34(27)45-35(42-29)31-4-2-17-47(31)33(49)21-40-37(50)51/h5-10,12-13,18-19,31,40H,2-4,11,14-17,20-21H2,1H3,(H,41,52)(H,42,45)(H,43,44)(H,46,48)(H,50,51)/t31-/m0/s1. The number of fused-ring (bicyclic) bond motifs is 4. The fraction of sp³-hybridized carbons (Fsp3) is 0.333. The van der Waals surface area contributed by atoms with Gasteiger partial charge in [0.1, 0.15) is 24.7 Å². The number of carbonyl (C=O) groups excluding carboxylic acids is 3. The maximum absolute atomic E-state index is 12.7. The largest absolute Gasteiger partial charge is 0.465 e.